The molecule has 13 heavy (non-hydrogen) atoms. The van der Waals surface area contributed by atoms with Crippen molar-refractivity contribution in [2.24, 2.45) is 0 Å². The van der Waals surface area contributed by atoms with Gasteiger partial charge in [0.15, 0.2) is 0 Å². The number of rotatable bonds is 4. The Morgan fingerprint density at radius 2 is 2.31 bits per heavy atom. The quantitative estimate of drug-likeness (QED) is 0.749. The minimum Gasteiger partial charge on any atom is -0.303 e. The zero-order valence-electron chi connectivity index (χ0n) is 8.37. The lowest BCUT2D eigenvalue weighted by atomic mass is 10.2. The van der Waals surface area contributed by atoms with E-state index in [0.717, 1.165) is 5.01 Å². The van der Waals surface area contributed by atoms with Gasteiger partial charge in [-0.3, -0.25) is 0 Å². The molecule has 0 saturated carbocycles. The normalized spacial score (nSPS) is 15.3. The largest absolute Gasteiger partial charge is 0.303 e. The van der Waals surface area contributed by atoms with Crippen molar-refractivity contribution in [2.45, 2.75) is 32.9 Å². The van der Waals surface area contributed by atoms with Crippen LogP contribution in [0.2, 0.25) is 0 Å². The highest BCUT2D eigenvalue weighted by molar-refractivity contribution is 7.11. The molecule has 1 N–H and O–H groups in total. The maximum Gasteiger partial charge on any atom is 0.0897 e. The first kappa shape index (κ1) is 10.4. The average Bonchev–Trinajstić information content (AvgIpc) is 2.51. The Balaban J connectivity index is 2.57. The van der Waals surface area contributed by atoms with Crippen LogP contribution in [0.15, 0.2) is 18.9 Å². The molecule has 0 aliphatic heterocycles. The highest BCUT2D eigenvalue weighted by Crippen LogP contribution is 2.20. The Kier molecular flexibility index (Phi) is 3.63. The molecule has 0 saturated heterocycles. The SMILES string of the molecule is C=CC(C)NC(C)c1cnc(C)s1. The number of hydrogen-bond donors (Lipinski definition) is 1. The van der Waals surface area contributed by atoms with E-state index in [4.69, 9.17) is 0 Å². The summed E-state index contributed by atoms with van der Waals surface area (Å²) in [7, 11) is 0. The molecule has 0 fully saturated rings. The van der Waals surface area contributed by atoms with Gasteiger partial charge in [0.2, 0.25) is 0 Å². The van der Waals surface area contributed by atoms with E-state index in [9.17, 15) is 0 Å². The van der Waals surface area contributed by atoms with Gasteiger partial charge in [0.05, 0.1) is 5.01 Å². The van der Waals surface area contributed by atoms with Crippen molar-refractivity contribution in [2.75, 3.05) is 0 Å². The molecule has 2 unspecified atom stereocenters. The lowest BCUT2D eigenvalue weighted by molar-refractivity contribution is 0.543. The van der Waals surface area contributed by atoms with Crippen LogP contribution in [0.1, 0.15) is 29.8 Å². The third kappa shape index (κ3) is 2.94. The van der Waals surface area contributed by atoms with E-state index in [1.54, 1.807) is 11.3 Å². The van der Waals surface area contributed by atoms with Crippen molar-refractivity contribution in [3.8, 4) is 0 Å². The first-order valence-corrected chi connectivity index (χ1v) is 5.26. The predicted molar refractivity (Wildman–Crippen MR) is 58.1 cm³/mol. The predicted octanol–water partition coefficient (Wildman–Crippen LogP) is 2.68. The van der Waals surface area contributed by atoms with Crippen LogP contribution in [0, 0.1) is 6.92 Å². The first-order valence-electron chi connectivity index (χ1n) is 4.44. The van der Waals surface area contributed by atoms with Crippen LogP contribution in [0.4, 0.5) is 0 Å². The second-order valence-corrected chi connectivity index (χ2v) is 4.46. The van der Waals surface area contributed by atoms with Crippen molar-refractivity contribution >= 4 is 11.3 Å². The molecule has 3 heteroatoms. The number of nitrogens with zero attached hydrogens (tertiary/aromatic N) is 1. The number of aryl methyl sites for hydroxylation is 1. The van der Waals surface area contributed by atoms with Gasteiger partial charge >= 0.3 is 0 Å². The van der Waals surface area contributed by atoms with Crippen LogP contribution in [0.3, 0.4) is 0 Å². The van der Waals surface area contributed by atoms with Crippen molar-refractivity contribution in [3.05, 3.63) is 28.7 Å². The Morgan fingerprint density at radius 1 is 1.62 bits per heavy atom. The number of hydrogen-bond acceptors (Lipinski definition) is 3. The Morgan fingerprint density at radius 3 is 2.77 bits per heavy atom. The van der Waals surface area contributed by atoms with Crippen molar-refractivity contribution in [1.82, 2.24) is 10.3 Å². The summed E-state index contributed by atoms with van der Waals surface area (Å²) < 4.78 is 0. The zero-order valence-corrected chi connectivity index (χ0v) is 9.19. The van der Waals surface area contributed by atoms with Gasteiger partial charge in [0, 0.05) is 23.2 Å². The summed E-state index contributed by atoms with van der Waals surface area (Å²) in [5, 5.41) is 4.53. The summed E-state index contributed by atoms with van der Waals surface area (Å²) in [6, 6.07) is 0.705. The lowest BCUT2D eigenvalue weighted by Gasteiger charge is -2.15. The molecule has 2 nitrogen and oxygen atoms in total. The van der Waals surface area contributed by atoms with Gasteiger partial charge in [0.25, 0.3) is 0 Å². The Hall–Kier alpha value is -0.670. The molecule has 0 aliphatic rings. The molecule has 0 bridgehead atoms. The fourth-order valence-electron chi connectivity index (χ4n) is 1.12. The van der Waals surface area contributed by atoms with Crippen LogP contribution < -0.4 is 5.32 Å². The van der Waals surface area contributed by atoms with Crippen molar-refractivity contribution in [3.63, 3.8) is 0 Å². The molecule has 1 aromatic heterocycles. The van der Waals surface area contributed by atoms with Crippen molar-refractivity contribution < 1.29 is 0 Å². The molecule has 1 aromatic rings. The van der Waals surface area contributed by atoms with Gasteiger partial charge in [-0.1, -0.05) is 6.08 Å². The summed E-state index contributed by atoms with van der Waals surface area (Å²) >= 11 is 1.74. The maximum absolute atomic E-state index is 4.22. The van der Waals surface area contributed by atoms with Crippen LogP contribution in [-0.4, -0.2) is 11.0 Å². The zero-order chi connectivity index (χ0) is 9.84. The van der Waals surface area contributed by atoms with E-state index in [-0.39, 0.29) is 0 Å². The Bertz CT molecular complexity index is 280. The monoisotopic (exact) mass is 196 g/mol. The summed E-state index contributed by atoms with van der Waals surface area (Å²) in [5.41, 5.74) is 0. The molecule has 1 heterocycles. The lowest BCUT2D eigenvalue weighted by Crippen LogP contribution is -2.26. The van der Waals surface area contributed by atoms with Gasteiger partial charge in [0.1, 0.15) is 0 Å². The fourth-order valence-corrected chi connectivity index (χ4v) is 1.92. The van der Waals surface area contributed by atoms with E-state index in [1.807, 2.05) is 19.2 Å². The molecule has 0 aromatic carbocycles. The molecule has 2 atom stereocenters. The minimum absolute atomic E-state index is 0.345. The molecule has 0 amide bonds. The molecule has 1 rings (SSSR count). The van der Waals surface area contributed by atoms with E-state index in [0.29, 0.717) is 12.1 Å². The molecule has 0 aliphatic carbocycles. The van der Waals surface area contributed by atoms with Crippen LogP contribution in [-0.2, 0) is 0 Å². The summed E-state index contributed by atoms with van der Waals surface area (Å²) in [5.74, 6) is 0. The summed E-state index contributed by atoms with van der Waals surface area (Å²) in [6.45, 7) is 10.0. The average molecular weight is 196 g/mol. The van der Waals surface area contributed by atoms with Gasteiger partial charge < -0.3 is 5.32 Å². The van der Waals surface area contributed by atoms with Gasteiger partial charge in [-0.05, 0) is 20.8 Å². The van der Waals surface area contributed by atoms with Crippen LogP contribution >= 0.6 is 11.3 Å². The summed E-state index contributed by atoms with van der Waals surface area (Å²) in [4.78, 5) is 5.51. The van der Waals surface area contributed by atoms with Crippen molar-refractivity contribution in [1.29, 1.82) is 0 Å². The van der Waals surface area contributed by atoms with Crippen LogP contribution in [0.25, 0.3) is 0 Å². The number of nitrogens with one attached hydrogen (secondary N) is 1. The number of aromatic nitrogens is 1. The Labute approximate surface area is 83.7 Å². The molecule has 72 valence electrons. The standard InChI is InChI=1S/C10H16N2S/c1-5-7(2)12-8(3)10-6-11-9(4)13-10/h5-8,12H,1H2,2-4H3. The second kappa shape index (κ2) is 4.53. The van der Waals surface area contributed by atoms with E-state index < -0.39 is 0 Å². The van der Waals surface area contributed by atoms with Gasteiger partial charge in [-0.2, -0.15) is 0 Å². The molecular weight excluding hydrogens is 180 g/mol. The number of thiazole rings is 1. The third-order valence-electron chi connectivity index (χ3n) is 1.93. The maximum atomic E-state index is 4.22. The fraction of sp³-hybridized carbons (Fsp3) is 0.500. The topological polar surface area (TPSA) is 24.9 Å². The smallest absolute Gasteiger partial charge is 0.0897 e. The van der Waals surface area contributed by atoms with Crippen LogP contribution in [0.5, 0.6) is 0 Å². The second-order valence-electron chi connectivity index (χ2n) is 3.19. The highest BCUT2D eigenvalue weighted by atomic mass is 32.1. The van der Waals surface area contributed by atoms with E-state index in [2.05, 4.69) is 30.7 Å². The molecular formula is C10H16N2S. The van der Waals surface area contributed by atoms with E-state index >= 15 is 0 Å². The van der Waals surface area contributed by atoms with Gasteiger partial charge in [-0.25, -0.2) is 4.98 Å². The third-order valence-corrected chi connectivity index (χ3v) is 3.03. The molecule has 0 radical (unpaired) electrons. The first-order chi connectivity index (χ1) is 6.13. The van der Waals surface area contributed by atoms with E-state index in [1.165, 1.54) is 4.88 Å². The highest BCUT2D eigenvalue weighted by Gasteiger charge is 2.09. The van der Waals surface area contributed by atoms with Gasteiger partial charge in [-0.15, -0.1) is 17.9 Å². The minimum atomic E-state index is 0.345. The summed E-state index contributed by atoms with van der Waals surface area (Å²) in [6.07, 6.45) is 3.85. The molecule has 0 spiro atoms.